The summed E-state index contributed by atoms with van der Waals surface area (Å²) in [7, 11) is 0. The zero-order valence-corrected chi connectivity index (χ0v) is 27.5. The van der Waals surface area contributed by atoms with Crippen LogP contribution in [0.1, 0.15) is 42.4 Å². The van der Waals surface area contributed by atoms with E-state index < -0.39 is 12.2 Å². The van der Waals surface area contributed by atoms with Gasteiger partial charge in [0.05, 0.1) is 10.7 Å². The smallest absolute Gasteiger partial charge is 0.410 e. The zero-order chi connectivity index (χ0) is 32.9. The molecule has 11 nitrogen and oxygen atoms in total. The van der Waals surface area contributed by atoms with Gasteiger partial charge in [0.15, 0.2) is 6.10 Å². The molecule has 4 amide bonds. The van der Waals surface area contributed by atoms with Crippen LogP contribution in [0.4, 0.5) is 21.0 Å². The lowest BCUT2D eigenvalue weighted by Gasteiger charge is -2.41. The normalized spacial score (nSPS) is 20.5. The van der Waals surface area contributed by atoms with Gasteiger partial charge in [-0.15, -0.1) is 6.42 Å². The summed E-state index contributed by atoms with van der Waals surface area (Å²) < 4.78 is 6.01. The summed E-state index contributed by atoms with van der Waals surface area (Å²) in [4.78, 5) is 48.4. The van der Waals surface area contributed by atoms with E-state index in [1.54, 1.807) is 21.9 Å². The maximum Gasteiger partial charge on any atom is 0.410 e. The first-order valence-corrected chi connectivity index (χ1v) is 17.1. The van der Waals surface area contributed by atoms with E-state index >= 15 is 0 Å². The summed E-state index contributed by atoms with van der Waals surface area (Å²) in [6.45, 7) is 6.21. The molecule has 4 heterocycles. The minimum atomic E-state index is -1.05. The molecular weight excluding hydrogens is 618 g/mol. The molecule has 12 heteroatoms. The Morgan fingerprint density at radius 2 is 1.70 bits per heavy atom. The number of urea groups is 1. The van der Waals surface area contributed by atoms with Crippen molar-refractivity contribution < 1.29 is 19.1 Å². The van der Waals surface area contributed by atoms with Gasteiger partial charge in [-0.05, 0) is 74.5 Å². The van der Waals surface area contributed by atoms with Crippen molar-refractivity contribution in [3.05, 3.63) is 58.1 Å². The highest BCUT2D eigenvalue weighted by molar-refractivity contribution is 6.33. The number of terminal acetylenes is 1. The van der Waals surface area contributed by atoms with Crippen LogP contribution in [0.25, 0.3) is 0 Å². The summed E-state index contributed by atoms with van der Waals surface area (Å²) in [5.74, 6) is 2.32. The molecule has 0 aliphatic carbocycles. The van der Waals surface area contributed by atoms with E-state index in [1.165, 1.54) is 0 Å². The number of piperazine rings is 1. The van der Waals surface area contributed by atoms with Crippen LogP contribution in [0.2, 0.25) is 5.02 Å². The second-order valence-electron chi connectivity index (χ2n) is 12.9. The van der Waals surface area contributed by atoms with Crippen LogP contribution in [0, 0.1) is 12.3 Å². The van der Waals surface area contributed by atoms with Crippen molar-refractivity contribution >= 4 is 41.0 Å². The third kappa shape index (κ3) is 7.61. The number of nitrogens with one attached hydrogen (secondary N) is 2. The number of amides is 4. The predicted molar refractivity (Wildman–Crippen MR) is 182 cm³/mol. The minimum absolute atomic E-state index is 0.00105. The topological polar surface area (TPSA) is 123 Å². The molecule has 4 aliphatic heterocycles. The largest absolute Gasteiger partial charge is 0.436 e. The molecule has 4 aliphatic rings. The van der Waals surface area contributed by atoms with Gasteiger partial charge in [-0.1, -0.05) is 35.7 Å². The summed E-state index contributed by atoms with van der Waals surface area (Å²) >= 11 is 6.38. The minimum Gasteiger partial charge on any atom is -0.436 e. The number of para-hydroxylation sites is 1. The summed E-state index contributed by atoms with van der Waals surface area (Å²) in [5, 5.41) is 6.75. The van der Waals surface area contributed by atoms with Crippen molar-refractivity contribution in [1.82, 2.24) is 24.9 Å². The van der Waals surface area contributed by atoms with Gasteiger partial charge >= 0.3 is 12.1 Å². The van der Waals surface area contributed by atoms with Crippen molar-refractivity contribution in [2.75, 3.05) is 70.0 Å². The molecule has 1 atom stereocenters. The van der Waals surface area contributed by atoms with E-state index in [0.29, 0.717) is 73.4 Å². The maximum atomic E-state index is 14.0. The fourth-order valence-electron chi connectivity index (χ4n) is 7.28. The Balaban J connectivity index is 1.10. The Kier molecular flexibility index (Phi) is 10.4. The second kappa shape index (κ2) is 14.8. The lowest BCUT2D eigenvalue weighted by atomic mass is 10.0. The lowest BCUT2D eigenvalue weighted by molar-refractivity contribution is -0.143. The van der Waals surface area contributed by atoms with Crippen LogP contribution < -0.4 is 16.4 Å². The highest BCUT2D eigenvalue weighted by Crippen LogP contribution is 2.28. The number of anilines is 2. The highest BCUT2D eigenvalue weighted by atomic mass is 35.5. The number of nitrogens with zero attached hydrogens (tertiary/aromatic N) is 4. The molecule has 250 valence electrons. The number of hydrogen-bond acceptors (Lipinski definition) is 7. The number of nitrogen functional groups attached to an aromatic ring is 1. The number of benzene rings is 2. The Morgan fingerprint density at radius 1 is 0.979 bits per heavy atom. The predicted octanol–water partition coefficient (Wildman–Crippen LogP) is 3.40. The van der Waals surface area contributed by atoms with Gasteiger partial charge in [0.1, 0.15) is 0 Å². The quantitative estimate of drug-likeness (QED) is 0.320. The molecule has 0 bridgehead atoms. The van der Waals surface area contributed by atoms with Gasteiger partial charge in [0.2, 0.25) is 0 Å². The fourth-order valence-corrected chi connectivity index (χ4v) is 7.52. The molecule has 3 saturated heterocycles. The van der Waals surface area contributed by atoms with Crippen LogP contribution in [0.3, 0.4) is 0 Å². The number of carbonyl (C=O) groups excluding carboxylic acids is 3. The van der Waals surface area contributed by atoms with E-state index in [0.717, 1.165) is 56.7 Å². The van der Waals surface area contributed by atoms with Gasteiger partial charge in [0, 0.05) is 75.6 Å². The number of hydrogen-bond donors (Lipinski definition) is 3. The van der Waals surface area contributed by atoms with Crippen LogP contribution in [0.15, 0.2) is 36.4 Å². The van der Waals surface area contributed by atoms with Crippen molar-refractivity contribution in [2.45, 2.75) is 56.7 Å². The fraction of sp³-hybridized carbons (Fsp3) is 0.514. The number of rotatable bonds is 6. The Labute approximate surface area is 281 Å². The molecule has 3 fully saturated rings. The van der Waals surface area contributed by atoms with Gasteiger partial charge in [-0.25, -0.2) is 9.59 Å². The van der Waals surface area contributed by atoms with Gasteiger partial charge in [0.25, 0.3) is 5.91 Å². The average molecular weight is 662 g/mol. The molecule has 2 aromatic rings. The van der Waals surface area contributed by atoms with E-state index in [2.05, 4.69) is 21.5 Å². The number of fused-ring (bicyclic) bond motifs is 1. The number of halogens is 1. The Hall–Kier alpha value is -3.98. The summed E-state index contributed by atoms with van der Waals surface area (Å²) in [6, 6.07) is 11.7. The van der Waals surface area contributed by atoms with Gasteiger partial charge in [-0.2, -0.15) is 0 Å². The van der Waals surface area contributed by atoms with E-state index in [1.807, 2.05) is 29.2 Å². The van der Waals surface area contributed by atoms with Crippen molar-refractivity contribution in [3.8, 4) is 12.3 Å². The lowest BCUT2D eigenvalue weighted by Crippen LogP contribution is -2.56. The van der Waals surface area contributed by atoms with Gasteiger partial charge in [-0.3, -0.25) is 9.69 Å². The third-order valence-electron chi connectivity index (χ3n) is 10.0. The molecule has 6 rings (SSSR count). The first-order chi connectivity index (χ1) is 22.8. The molecule has 47 heavy (non-hydrogen) atoms. The van der Waals surface area contributed by atoms with Gasteiger partial charge < -0.3 is 35.8 Å². The van der Waals surface area contributed by atoms with Crippen LogP contribution in [-0.2, 0) is 22.4 Å². The monoisotopic (exact) mass is 661 g/mol. The molecule has 0 saturated carbocycles. The second-order valence-corrected chi connectivity index (χ2v) is 13.3. The van der Waals surface area contributed by atoms with Crippen LogP contribution in [-0.4, -0.2) is 115 Å². The Morgan fingerprint density at radius 3 is 2.43 bits per heavy atom. The molecular formula is C35H44ClN7O4. The van der Waals surface area contributed by atoms with E-state index in [-0.39, 0.29) is 24.4 Å². The van der Waals surface area contributed by atoms with E-state index in [9.17, 15) is 14.4 Å². The highest BCUT2D eigenvalue weighted by Gasteiger charge is 2.36. The first-order valence-electron chi connectivity index (χ1n) is 16.7. The average Bonchev–Trinajstić information content (AvgIpc) is 3.27. The van der Waals surface area contributed by atoms with Crippen molar-refractivity contribution in [3.63, 3.8) is 0 Å². The number of nitrogens with two attached hydrogens (primary N) is 1. The molecule has 2 aromatic carbocycles. The summed E-state index contributed by atoms with van der Waals surface area (Å²) in [6.07, 6.45) is 8.42. The number of ether oxygens (including phenoxy) is 1. The van der Waals surface area contributed by atoms with Crippen molar-refractivity contribution in [2.24, 2.45) is 0 Å². The SMILES string of the molecule is C#Cc1cc(C[C@@H](OC(=O)N2CCC(N3CCc4ccccc4NC3=O)CC2)C(=O)N2CCN(C3CCNCC3)CC2)cc(Cl)c1N. The molecule has 0 aromatic heterocycles. The van der Waals surface area contributed by atoms with E-state index in [4.69, 9.17) is 28.5 Å². The Bertz CT molecular complexity index is 1510. The molecule has 4 N–H and O–H groups in total. The third-order valence-corrected chi connectivity index (χ3v) is 10.4. The maximum absolute atomic E-state index is 14.0. The van der Waals surface area contributed by atoms with Crippen LogP contribution >= 0.6 is 11.6 Å². The molecule has 0 spiro atoms. The number of piperidine rings is 2. The number of likely N-dealkylation sites (tertiary alicyclic amines) is 1. The van der Waals surface area contributed by atoms with Crippen LogP contribution in [0.5, 0.6) is 0 Å². The number of carbonyl (C=O) groups is 3. The first kappa shape index (κ1) is 32.9. The molecule has 0 radical (unpaired) electrons. The molecule has 0 unspecified atom stereocenters. The zero-order valence-electron chi connectivity index (χ0n) is 26.8. The standard InChI is InChI=1S/C35H44ClN7O4/c1-2-25-21-24(22-29(36)32(25)37)23-31(33(44)41-19-17-40(18-20-41)27-7-12-38-13-8-27)47-35(46)42-14-10-28(11-15-42)43-16-9-26-5-3-4-6-30(26)39-34(43)45/h1,3-6,21-22,27-28,31,38H,7-20,23,37H2,(H,39,45)/t31-/m1/s1. The summed E-state index contributed by atoms with van der Waals surface area (Å²) in [5.41, 5.74) is 9.42. The van der Waals surface area contributed by atoms with Crippen molar-refractivity contribution in [1.29, 1.82) is 0 Å².